The van der Waals surface area contributed by atoms with Crippen LogP contribution in [-0.4, -0.2) is 26.1 Å². The zero-order chi connectivity index (χ0) is 14.9. The molecule has 1 aliphatic carbocycles. The Hall–Kier alpha value is -1.56. The molecule has 1 heterocycles. The maximum Gasteiger partial charge on any atom is 0.198 e. The molecular formula is C19H22IN3. The fraction of sp³-hybridized carbons (Fsp3) is 0.316. The number of hydrogen-bond acceptors (Lipinski definition) is 1. The Balaban J connectivity index is 0.00000156. The summed E-state index contributed by atoms with van der Waals surface area (Å²) in [5.74, 6) is 1.61. The molecule has 4 heteroatoms. The standard InChI is InChI=1S/C19H21N3.HI/c1-20-19(22-11-10-14-6-3-5-9-18(14)22)21-13-16-12-15-7-2-4-8-17(15)16;/h2-9,16H,10-13H2,1H3,(H,20,21);1H. The van der Waals surface area contributed by atoms with Crippen molar-refractivity contribution in [1.82, 2.24) is 5.32 Å². The zero-order valence-corrected chi connectivity index (χ0v) is 15.7. The van der Waals surface area contributed by atoms with Crippen LogP contribution in [0.1, 0.15) is 22.6 Å². The summed E-state index contributed by atoms with van der Waals surface area (Å²) in [4.78, 5) is 6.79. The van der Waals surface area contributed by atoms with Gasteiger partial charge in [0, 0.05) is 31.7 Å². The van der Waals surface area contributed by atoms with Crippen LogP contribution in [0.4, 0.5) is 5.69 Å². The number of nitrogens with zero attached hydrogens (tertiary/aromatic N) is 2. The minimum absolute atomic E-state index is 0. The lowest BCUT2D eigenvalue weighted by Crippen LogP contribution is -2.43. The van der Waals surface area contributed by atoms with Gasteiger partial charge in [0.15, 0.2) is 5.96 Å². The fourth-order valence-electron chi connectivity index (χ4n) is 3.61. The van der Waals surface area contributed by atoms with E-state index in [1.54, 1.807) is 0 Å². The Morgan fingerprint density at radius 3 is 2.65 bits per heavy atom. The number of aliphatic imine (C=N–C) groups is 1. The highest BCUT2D eigenvalue weighted by atomic mass is 127. The van der Waals surface area contributed by atoms with Gasteiger partial charge >= 0.3 is 0 Å². The molecule has 1 aliphatic heterocycles. The van der Waals surface area contributed by atoms with E-state index in [1.807, 2.05) is 7.05 Å². The molecule has 1 unspecified atom stereocenters. The van der Waals surface area contributed by atoms with Crippen molar-refractivity contribution < 1.29 is 0 Å². The third-order valence-corrected chi connectivity index (χ3v) is 4.82. The van der Waals surface area contributed by atoms with Crippen molar-refractivity contribution in [3.05, 3.63) is 65.2 Å². The van der Waals surface area contributed by atoms with Crippen molar-refractivity contribution in [3.63, 3.8) is 0 Å². The van der Waals surface area contributed by atoms with E-state index < -0.39 is 0 Å². The van der Waals surface area contributed by atoms with Gasteiger partial charge in [-0.05, 0) is 35.6 Å². The highest BCUT2D eigenvalue weighted by Gasteiger charge is 2.27. The molecule has 120 valence electrons. The molecule has 2 aromatic rings. The van der Waals surface area contributed by atoms with E-state index in [9.17, 15) is 0 Å². The molecule has 0 spiro atoms. The van der Waals surface area contributed by atoms with Crippen molar-refractivity contribution in [2.24, 2.45) is 4.99 Å². The number of halogens is 1. The van der Waals surface area contributed by atoms with Gasteiger partial charge in [-0.3, -0.25) is 4.99 Å². The lowest BCUT2D eigenvalue weighted by atomic mass is 9.78. The van der Waals surface area contributed by atoms with Gasteiger partial charge in [0.25, 0.3) is 0 Å². The van der Waals surface area contributed by atoms with Crippen molar-refractivity contribution in [3.8, 4) is 0 Å². The lowest BCUT2D eigenvalue weighted by Gasteiger charge is -2.32. The second-order valence-corrected chi connectivity index (χ2v) is 6.06. The van der Waals surface area contributed by atoms with E-state index in [0.717, 1.165) is 25.5 Å². The highest BCUT2D eigenvalue weighted by Crippen LogP contribution is 2.34. The minimum Gasteiger partial charge on any atom is -0.355 e. The third kappa shape index (κ3) is 2.96. The van der Waals surface area contributed by atoms with Gasteiger partial charge in [0.1, 0.15) is 0 Å². The Kier molecular flexibility index (Phi) is 4.90. The number of hydrogen-bond donors (Lipinski definition) is 1. The second kappa shape index (κ2) is 6.91. The number of guanidine groups is 1. The smallest absolute Gasteiger partial charge is 0.198 e. The van der Waals surface area contributed by atoms with Crippen LogP contribution in [0.25, 0.3) is 0 Å². The summed E-state index contributed by atoms with van der Waals surface area (Å²) in [6.07, 6.45) is 2.28. The molecule has 0 aromatic heterocycles. The van der Waals surface area contributed by atoms with Gasteiger partial charge in [0.05, 0.1) is 0 Å². The predicted molar refractivity (Wildman–Crippen MR) is 107 cm³/mol. The largest absolute Gasteiger partial charge is 0.355 e. The van der Waals surface area contributed by atoms with Crippen LogP contribution in [0.2, 0.25) is 0 Å². The number of anilines is 1. The summed E-state index contributed by atoms with van der Waals surface area (Å²) in [5.41, 5.74) is 5.70. The molecular weight excluding hydrogens is 397 g/mol. The summed E-state index contributed by atoms with van der Waals surface area (Å²) < 4.78 is 0. The first-order valence-corrected chi connectivity index (χ1v) is 8.00. The average molecular weight is 419 g/mol. The summed E-state index contributed by atoms with van der Waals surface area (Å²) in [7, 11) is 1.87. The molecule has 2 aliphatic rings. The quantitative estimate of drug-likeness (QED) is 0.458. The first kappa shape index (κ1) is 16.3. The molecule has 0 radical (unpaired) electrons. The van der Waals surface area contributed by atoms with E-state index >= 15 is 0 Å². The van der Waals surface area contributed by atoms with Gasteiger partial charge in [-0.1, -0.05) is 42.5 Å². The molecule has 0 fully saturated rings. The molecule has 0 bridgehead atoms. The summed E-state index contributed by atoms with van der Waals surface area (Å²) in [5, 5.41) is 3.57. The average Bonchev–Trinajstić information content (AvgIpc) is 2.96. The highest BCUT2D eigenvalue weighted by molar-refractivity contribution is 14.0. The maximum absolute atomic E-state index is 4.49. The van der Waals surface area contributed by atoms with Gasteiger partial charge in [-0.25, -0.2) is 0 Å². The third-order valence-electron chi connectivity index (χ3n) is 4.82. The van der Waals surface area contributed by atoms with E-state index in [4.69, 9.17) is 0 Å². The topological polar surface area (TPSA) is 27.6 Å². The zero-order valence-electron chi connectivity index (χ0n) is 13.3. The first-order chi connectivity index (χ1) is 10.9. The monoisotopic (exact) mass is 419 g/mol. The number of para-hydroxylation sites is 1. The Labute approximate surface area is 154 Å². The molecule has 23 heavy (non-hydrogen) atoms. The first-order valence-electron chi connectivity index (χ1n) is 8.00. The van der Waals surface area contributed by atoms with Crippen molar-refractivity contribution in [1.29, 1.82) is 0 Å². The number of rotatable bonds is 2. The maximum atomic E-state index is 4.49. The van der Waals surface area contributed by atoms with Crippen LogP contribution in [0, 0.1) is 0 Å². The fourth-order valence-corrected chi connectivity index (χ4v) is 3.61. The molecule has 0 saturated carbocycles. The molecule has 2 aromatic carbocycles. The predicted octanol–water partition coefficient (Wildman–Crippen LogP) is 3.58. The van der Waals surface area contributed by atoms with E-state index in [-0.39, 0.29) is 24.0 Å². The van der Waals surface area contributed by atoms with Crippen molar-refractivity contribution in [2.75, 3.05) is 25.0 Å². The van der Waals surface area contributed by atoms with E-state index in [1.165, 1.54) is 28.8 Å². The van der Waals surface area contributed by atoms with Crippen LogP contribution in [-0.2, 0) is 12.8 Å². The Morgan fingerprint density at radius 2 is 1.87 bits per heavy atom. The molecule has 0 amide bonds. The van der Waals surface area contributed by atoms with Gasteiger partial charge in [-0.15, -0.1) is 24.0 Å². The van der Waals surface area contributed by atoms with Crippen LogP contribution in [0.3, 0.4) is 0 Å². The van der Waals surface area contributed by atoms with Crippen LogP contribution in [0.15, 0.2) is 53.5 Å². The van der Waals surface area contributed by atoms with E-state index in [2.05, 4.69) is 63.7 Å². The number of nitrogens with one attached hydrogen (secondary N) is 1. The van der Waals surface area contributed by atoms with Gasteiger partial charge < -0.3 is 10.2 Å². The number of fused-ring (bicyclic) bond motifs is 2. The summed E-state index contributed by atoms with van der Waals surface area (Å²) in [6.45, 7) is 1.97. The van der Waals surface area contributed by atoms with Crippen molar-refractivity contribution >= 4 is 35.6 Å². The SMILES string of the molecule is CN=C(NCC1Cc2ccccc21)N1CCc2ccccc21.I. The van der Waals surface area contributed by atoms with Crippen LogP contribution in [0.5, 0.6) is 0 Å². The molecule has 4 rings (SSSR count). The molecule has 3 nitrogen and oxygen atoms in total. The summed E-state index contributed by atoms with van der Waals surface area (Å²) >= 11 is 0. The molecule has 1 N–H and O–H groups in total. The van der Waals surface area contributed by atoms with Crippen LogP contribution >= 0.6 is 24.0 Å². The second-order valence-electron chi connectivity index (χ2n) is 6.06. The minimum atomic E-state index is 0. The van der Waals surface area contributed by atoms with Crippen LogP contribution < -0.4 is 10.2 Å². The number of benzene rings is 2. The van der Waals surface area contributed by atoms with E-state index in [0.29, 0.717) is 5.92 Å². The molecule has 1 atom stereocenters. The van der Waals surface area contributed by atoms with Gasteiger partial charge in [0.2, 0.25) is 0 Å². The Morgan fingerprint density at radius 1 is 1.13 bits per heavy atom. The van der Waals surface area contributed by atoms with Gasteiger partial charge in [-0.2, -0.15) is 0 Å². The normalized spacial score (nSPS) is 18.6. The lowest BCUT2D eigenvalue weighted by molar-refractivity contribution is 0.587. The molecule has 0 saturated heterocycles. The summed E-state index contributed by atoms with van der Waals surface area (Å²) in [6, 6.07) is 17.4. The Bertz CT molecular complexity index is 726. The van der Waals surface area contributed by atoms with Crippen molar-refractivity contribution in [2.45, 2.75) is 18.8 Å².